The minimum atomic E-state index is -0.196. The molecule has 24 heavy (non-hydrogen) atoms. The van der Waals surface area contributed by atoms with Gasteiger partial charge in [0.05, 0.1) is 24.6 Å². The molecule has 0 spiro atoms. The van der Waals surface area contributed by atoms with Crippen LogP contribution in [0.25, 0.3) is 11.3 Å². The van der Waals surface area contributed by atoms with Crippen LogP contribution in [0.3, 0.4) is 0 Å². The van der Waals surface area contributed by atoms with E-state index in [1.807, 2.05) is 48.5 Å². The van der Waals surface area contributed by atoms with E-state index in [0.29, 0.717) is 11.3 Å². The zero-order chi connectivity index (χ0) is 16.9. The molecule has 0 aliphatic rings. The number of benzene rings is 2. The van der Waals surface area contributed by atoms with Gasteiger partial charge in [-0.2, -0.15) is 5.10 Å². The summed E-state index contributed by atoms with van der Waals surface area (Å²) in [5.74, 6) is 0.569. The molecular weight excluding hydrogens is 302 g/mol. The van der Waals surface area contributed by atoms with Gasteiger partial charge in [-0.05, 0) is 48.4 Å². The van der Waals surface area contributed by atoms with Gasteiger partial charge in [-0.1, -0.05) is 19.1 Å². The van der Waals surface area contributed by atoms with Crippen LogP contribution in [-0.2, 0) is 6.42 Å². The summed E-state index contributed by atoms with van der Waals surface area (Å²) >= 11 is 0. The van der Waals surface area contributed by atoms with Crippen molar-refractivity contribution in [3.63, 3.8) is 0 Å². The standard InChI is InChI=1S/C19H19N3O2/c1-3-13-4-8-15(9-5-13)21-19(23)17-12-20-22-18(17)14-6-10-16(24-2)11-7-14/h4-12H,3H2,1-2H3,(H,20,22)(H,21,23). The van der Waals surface area contributed by atoms with Crippen molar-refractivity contribution < 1.29 is 9.53 Å². The normalized spacial score (nSPS) is 10.4. The van der Waals surface area contributed by atoms with Gasteiger partial charge in [0.1, 0.15) is 5.75 Å². The molecule has 0 aliphatic carbocycles. The quantitative estimate of drug-likeness (QED) is 0.749. The maximum atomic E-state index is 12.6. The number of amides is 1. The number of methoxy groups -OCH3 is 1. The fourth-order valence-electron chi connectivity index (χ4n) is 2.46. The molecule has 1 aromatic heterocycles. The number of anilines is 1. The number of hydrogen-bond donors (Lipinski definition) is 2. The monoisotopic (exact) mass is 321 g/mol. The molecule has 0 aliphatic heterocycles. The van der Waals surface area contributed by atoms with Gasteiger partial charge in [-0.3, -0.25) is 9.89 Å². The highest BCUT2D eigenvalue weighted by atomic mass is 16.5. The van der Waals surface area contributed by atoms with Crippen LogP contribution >= 0.6 is 0 Å². The van der Waals surface area contributed by atoms with Crippen LogP contribution in [0.4, 0.5) is 5.69 Å². The van der Waals surface area contributed by atoms with Crippen molar-refractivity contribution >= 4 is 11.6 Å². The van der Waals surface area contributed by atoms with Gasteiger partial charge in [0.2, 0.25) is 0 Å². The zero-order valence-corrected chi connectivity index (χ0v) is 13.7. The van der Waals surface area contributed by atoms with Crippen LogP contribution in [0.5, 0.6) is 5.75 Å². The lowest BCUT2D eigenvalue weighted by molar-refractivity contribution is 0.102. The van der Waals surface area contributed by atoms with Crippen LogP contribution in [0.15, 0.2) is 54.7 Å². The Balaban J connectivity index is 1.81. The zero-order valence-electron chi connectivity index (χ0n) is 13.7. The first-order valence-electron chi connectivity index (χ1n) is 7.79. The van der Waals surface area contributed by atoms with Gasteiger partial charge >= 0.3 is 0 Å². The fourth-order valence-corrected chi connectivity index (χ4v) is 2.46. The highest BCUT2D eigenvalue weighted by Gasteiger charge is 2.15. The molecule has 1 heterocycles. The third kappa shape index (κ3) is 3.30. The van der Waals surface area contributed by atoms with E-state index >= 15 is 0 Å². The van der Waals surface area contributed by atoms with E-state index in [0.717, 1.165) is 23.4 Å². The number of nitrogens with zero attached hydrogens (tertiary/aromatic N) is 1. The average molecular weight is 321 g/mol. The summed E-state index contributed by atoms with van der Waals surface area (Å²) in [5.41, 5.74) is 4.05. The Morgan fingerprint density at radius 3 is 2.46 bits per heavy atom. The van der Waals surface area contributed by atoms with Crippen LogP contribution in [-0.4, -0.2) is 23.2 Å². The molecule has 0 unspecified atom stereocenters. The molecule has 2 aromatic carbocycles. The molecule has 0 radical (unpaired) electrons. The molecule has 5 nitrogen and oxygen atoms in total. The number of carbonyl (C=O) groups is 1. The number of aromatic nitrogens is 2. The fraction of sp³-hybridized carbons (Fsp3) is 0.158. The van der Waals surface area contributed by atoms with E-state index in [4.69, 9.17) is 4.74 Å². The number of rotatable bonds is 5. The lowest BCUT2D eigenvalue weighted by Gasteiger charge is -2.07. The minimum absolute atomic E-state index is 0.196. The lowest BCUT2D eigenvalue weighted by atomic mass is 10.1. The maximum Gasteiger partial charge on any atom is 0.259 e. The second kappa shape index (κ2) is 7.00. The van der Waals surface area contributed by atoms with Crippen molar-refractivity contribution in [2.24, 2.45) is 0 Å². The average Bonchev–Trinajstić information content (AvgIpc) is 3.12. The first kappa shape index (κ1) is 15.8. The summed E-state index contributed by atoms with van der Waals surface area (Å²) in [6.07, 6.45) is 2.51. The Morgan fingerprint density at radius 2 is 1.83 bits per heavy atom. The molecule has 1 amide bonds. The predicted octanol–water partition coefficient (Wildman–Crippen LogP) is 3.90. The molecule has 3 rings (SSSR count). The number of H-pyrrole nitrogens is 1. The molecule has 0 bridgehead atoms. The summed E-state index contributed by atoms with van der Waals surface area (Å²) in [6.45, 7) is 2.10. The molecule has 0 atom stereocenters. The number of aryl methyl sites for hydroxylation is 1. The minimum Gasteiger partial charge on any atom is -0.497 e. The van der Waals surface area contributed by atoms with E-state index in [9.17, 15) is 4.79 Å². The predicted molar refractivity (Wildman–Crippen MR) is 94.3 cm³/mol. The van der Waals surface area contributed by atoms with Gasteiger partial charge < -0.3 is 10.1 Å². The molecule has 0 saturated carbocycles. The molecule has 0 saturated heterocycles. The first-order valence-corrected chi connectivity index (χ1v) is 7.79. The SMILES string of the molecule is CCc1ccc(NC(=O)c2cn[nH]c2-c2ccc(OC)cc2)cc1. The highest BCUT2D eigenvalue weighted by molar-refractivity contribution is 6.08. The van der Waals surface area contributed by atoms with Crippen molar-refractivity contribution in [3.05, 3.63) is 65.9 Å². The van der Waals surface area contributed by atoms with Gasteiger partial charge in [0, 0.05) is 11.3 Å². The summed E-state index contributed by atoms with van der Waals surface area (Å²) in [5, 5.41) is 9.81. The molecule has 2 N–H and O–H groups in total. The highest BCUT2D eigenvalue weighted by Crippen LogP contribution is 2.24. The number of ether oxygens (including phenoxy) is 1. The first-order chi connectivity index (χ1) is 11.7. The number of carbonyl (C=O) groups excluding carboxylic acids is 1. The van der Waals surface area contributed by atoms with Gasteiger partial charge in [0.15, 0.2) is 0 Å². The number of aromatic amines is 1. The van der Waals surface area contributed by atoms with Gasteiger partial charge in [-0.15, -0.1) is 0 Å². The second-order valence-corrected chi connectivity index (χ2v) is 5.39. The molecular formula is C19H19N3O2. The van der Waals surface area contributed by atoms with Crippen LogP contribution in [0.2, 0.25) is 0 Å². The van der Waals surface area contributed by atoms with Crippen LogP contribution in [0.1, 0.15) is 22.8 Å². The van der Waals surface area contributed by atoms with E-state index in [2.05, 4.69) is 22.4 Å². The van der Waals surface area contributed by atoms with E-state index in [-0.39, 0.29) is 5.91 Å². The smallest absolute Gasteiger partial charge is 0.259 e. The summed E-state index contributed by atoms with van der Waals surface area (Å²) in [4.78, 5) is 12.6. The largest absolute Gasteiger partial charge is 0.497 e. The van der Waals surface area contributed by atoms with Crippen molar-refractivity contribution in [2.45, 2.75) is 13.3 Å². The number of nitrogens with one attached hydrogen (secondary N) is 2. The molecule has 3 aromatic rings. The third-order valence-corrected chi connectivity index (χ3v) is 3.88. The molecule has 0 fully saturated rings. The summed E-state index contributed by atoms with van der Waals surface area (Å²) < 4.78 is 5.16. The van der Waals surface area contributed by atoms with E-state index in [1.54, 1.807) is 7.11 Å². The van der Waals surface area contributed by atoms with Crippen molar-refractivity contribution in [1.29, 1.82) is 0 Å². The Hall–Kier alpha value is -3.08. The maximum absolute atomic E-state index is 12.6. The van der Waals surface area contributed by atoms with E-state index < -0.39 is 0 Å². The lowest BCUT2D eigenvalue weighted by Crippen LogP contribution is -2.12. The Labute approximate surface area is 140 Å². The number of hydrogen-bond acceptors (Lipinski definition) is 3. The third-order valence-electron chi connectivity index (χ3n) is 3.88. The summed E-state index contributed by atoms with van der Waals surface area (Å²) in [7, 11) is 1.62. The van der Waals surface area contributed by atoms with Crippen molar-refractivity contribution in [2.75, 3.05) is 12.4 Å². The second-order valence-electron chi connectivity index (χ2n) is 5.39. The van der Waals surface area contributed by atoms with Crippen molar-refractivity contribution in [1.82, 2.24) is 10.2 Å². The topological polar surface area (TPSA) is 67.0 Å². The molecule has 122 valence electrons. The van der Waals surface area contributed by atoms with Gasteiger partial charge in [0.25, 0.3) is 5.91 Å². The Morgan fingerprint density at radius 1 is 1.12 bits per heavy atom. The van der Waals surface area contributed by atoms with Crippen LogP contribution < -0.4 is 10.1 Å². The molecule has 5 heteroatoms. The van der Waals surface area contributed by atoms with Gasteiger partial charge in [-0.25, -0.2) is 0 Å². The van der Waals surface area contributed by atoms with Crippen LogP contribution in [0, 0.1) is 0 Å². The summed E-state index contributed by atoms with van der Waals surface area (Å²) in [6, 6.07) is 15.3. The Bertz CT molecular complexity index is 821. The van der Waals surface area contributed by atoms with E-state index in [1.165, 1.54) is 11.8 Å². The van der Waals surface area contributed by atoms with Crippen molar-refractivity contribution in [3.8, 4) is 17.0 Å². The Kier molecular flexibility index (Phi) is 4.61.